The number of nitrogens with zero attached hydrogens (tertiary/aromatic N) is 4. The van der Waals surface area contributed by atoms with Crippen LogP contribution >= 0.6 is 0 Å². The average molecular weight is 382 g/mol. The normalized spacial score (nSPS) is 15.8. The third-order valence-electron chi connectivity index (χ3n) is 5.46. The van der Waals surface area contributed by atoms with E-state index in [0.717, 1.165) is 18.3 Å². The number of carbonyl (C=O) groups excluding carboxylic acids is 1. The van der Waals surface area contributed by atoms with Gasteiger partial charge in [0, 0.05) is 30.8 Å². The number of hydrogen-bond acceptors (Lipinski definition) is 2. The highest BCUT2D eigenvalue weighted by atomic mass is 19.1. The molecule has 0 unspecified atom stereocenters. The summed E-state index contributed by atoms with van der Waals surface area (Å²) in [7, 11) is 1.98. The molecule has 148 valence electrons. The summed E-state index contributed by atoms with van der Waals surface area (Å²) < 4.78 is 18.2. The van der Waals surface area contributed by atoms with Crippen LogP contribution in [0.15, 0.2) is 29.3 Å². The minimum Gasteiger partial charge on any atom is -0.291 e. The Bertz CT molecular complexity index is 995. The summed E-state index contributed by atoms with van der Waals surface area (Å²) >= 11 is 0. The zero-order valence-corrected chi connectivity index (χ0v) is 17.0. The second kappa shape index (κ2) is 7.75. The largest absolute Gasteiger partial charge is 0.291 e. The van der Waals surface area contributed by atoms with E-state index in [0.29, 0.717) is 11.4 Å². The molecule has 1 fully saturated rings. The number of amides is 1. The molecule has 28 heavy (non-hydrogen) atoms. The molecule has 1 heterocycles. The number of carbonyl (C=O) groups is 1. The van der Waals surface area contributed by atoms with Crippen molar-refractivity contribution in [1.82, 2.24) is 9.36 Å². The number of nitriles is 1. The molecular formula is C22H27FN4O. The molecule has 0 radical (unpaired) electrons. The van der Waals surface area contributed by atoms with E-state index in [2.05, 4.69) is 30.4 Å². The first-order valence-electron chi connectivity index (χ1n) is 9.76. The van der Waals surface area contributed by atoms with Crippen molar-refractivity contribution in [3.63, 3.8) is 0 Å². The lowest BCUT2D eigenvalue weighted by atomic mass is 9.92. The van der Waals surface area contributed by atoms with Crippen molar-refractivity contribution in [3.8, 4) is 6.07 Å². The van der Waals surface area contributed by atoms with Gasteiger partial charge in [0.05, 0.1) is 17.2 Å². The molecule has 0 bridgehead atoms. The molecule has 1 aromatic heterocycles. The summed E-state index contributed by atoms with van der Waals surface area (Å²) in [5, 5.41) is 9.04. The summed E-state index contributed by atoms with van der Waals surface area (Å²) in [4.78, 5) is 17.0. The molecule has 0 aliphatic heterocycles. The summed E-state index contributed by atoms with van der Waals surface area (Å²) in [6.45, 7) is 7.14. The fraction of sp³-hybridized carbons (Fsp3) is 0.500. The smallest absolute Gasteiger partial charge is 0.282 e. The van der Waals surface area contributed by atoms with Crippen LogP contribution in [0.4, 0.5) is 4.39 Å². The zero-order chi connectivity index (χ0) is 20.5. The van der Waals surface area contributed by atoms with E-state index >= 15 is 0 Å². The summed E-state index contributed by atoms with van der Waals surface area (Å²) in [6.07, 6.45) is 4.82. The van der Waals surface area contributed by atoms with Crippen molar-refractivity contribution >= 4 is 5.91 Å². The Labute approximate surface area is 165 Å². The van der Waals surface area contributed by atoms with Crippen molar-refractivity contribution in [2.45, 2.75) is 58.4 Å². The molecule has 0 spiro atoms. The van der Waals surface area contributed by atoms with Gasteiger partial charge in [-0.15, -0.1) is 0 Å². The Morgan fingerprint density at radius 3 is 2.57 bits per heavy atom. The first-order chi connectivity index (χ1) is 13.2. The predicted molar refractivity (Wildman–Crippen MR) is 105 cm³/mol. The molecular weight excluding hydrogens is 355 g/mol. The Morgan fingerprint density at radius 1 is 1.29 bits per heavy atom. The van der Waals surface area contributed by atoms with Crippen molar-refractivity contribution in [2.75, 3.05) is 0 Å². The lowest BCUT2D eigenvalue weighted by molar-refractivity contribution is 0.0992. The molecule has 0 N–H and O–H groups in total. The van der Waals surface area contributed by atoms with Gasteiger partial charge in [0.1, 0.15) is 5.82 Å². The number of rotatable bonds is 3. The molecule has 1 aliphatic carbocycles. The summed E-state index contributed by atoms with van der Waals surface area (Å²) in [6, 6.07) is 7.60. The first kappa shape index (κ1) is 20.1. The van der Waals surface area contributed by atoms with Crippen LogP contribution in [0.5, 0.6) is 0 Å². The monoisotopic (exact) mass is 382 g/mol. The predicted octanol–water partition coefficient (Wildman–Crippen LogP) is 4.07. The van der Waals surface area contributed by atoms with Gasteiger partial charge in [0.25, 0.3) is 5.91 Å². The Hall–Kier alpha value is -2.68. The highest BCUT2D eigenvalue weighted by Crippen LogP contribution is 2.27. The first-order valence-corrected chi connectivity index (χ1v) is 9.76. The van der Waals surface area contributed by atoms with Crippen LogP contribution in [0.1, 0.15) is 68.1 Å². The zero-order valence-electron chi connectivity index (χ0n) is 17.0. The van der Waals surface area contributed by atoms with Crippen LogP contribution in [0, 0.1) is 23.1 Å². The lowest BCUT2D eigenvalue weighted by Gasteiger charge is -2.21. The molecule has 1 aliphatic rings. The van der Waals surface area contributed by atoms with E-state index in [1.54, 1.807) is 0 Å². The number of benzene rings is 1. The molecule has 2 aromatic rings. The van der Waals surface area contributed by atoms with Crippen LogP contribution in [0.2, 0.25) is 0 Å². The molecule has 5 nitrogen and oxygen atoms in total. The molecule has 1 saturated carbocycles. The maximum absolute atomic E-state index is 14.2. The summed E-state index contributed by atoms with van der Waals surface area (Å²) in [5.41, 5.74) is 1.54. The molecule has 0 saturated heterocycles. The van der Waals surface area contributed by atoms with Gasteiger partial charge in [-0.05, 0) is 37.0 Å². The topological polar surface area (TPSA) is 63.1 Å². The van der Waals surface area contributed by atoms with Gasteiger partial charge >= 0.3 is 0 Å². The van der Waals surface area contributed by atoms with E-state index < -0.39 is 11.7 Å². The third-order valence-corrected chi connectivity index (χ3v) is 5.46. The second-order valence-corrected chi connectivity index (χ2v) is 8.62. The van der Waals surface area contributed by atoms with Gasteiger partial charge in [0.15, 0.2) is 5.49 Å². The van der Waals surface area contributed by atoms with Crippen molar-refractivity contribution in [2.24, 2.45) is 18.0 Å². The second-order valence-electron chi connectivity index (χ2n) is 8.62. The van der Waals surface area contributed by atoms with Crippen molar-refractivity contribution < 1.29 is 9.18 Å². The molecule has 3 rings (SSSR count). The molecule has 1 amide bonds. The van der Waals surface area contributed by atoms with E-state index in [1.807, 2.05) is 23.9 Å². The van der Waals surface area contributed by atoms with Gasteiger partial charge in [-0.3, -0.25) is 14.2 Å². The standard InChI is InChI=1S/C22H27FN4O/c1-22(2,3)19-12-20(27(26(19)4)14-15-7-5-6-8-15)25-21(28)17-11-16(13-24)9-10-18(17)23/h9-12,15H,5-8,14H2,1-4H3. The maximum Gasteiger partial charge on any atom is 0.282 e. The number of halogens is 1. The van der Waals surface area contributed by atoms with Crippen LogP contribution < -0.4 is 5.49 Å². The van der Waals surface area contributed by atoms with Crippen molar-refractivity contribution in [3.05, 3.63) is 52.4 Å². The minimum absolute atomic E-state index is 0.116. The fourth-order valence-corrected chi connectivity index (χ4v) is 3.94. The van der Waals surface area contributed by atoms with E-state index in [-0.39, 0.29) is 16.5 Å². The van der Waals surface area contributed by atoms with Crippen LogP contribution in [-0.2, 0) is 19.0 Å². The van der Waals surface area contributed by atoms with Gasteiger partial charge in [-0.2, -0.15) is 10.3 Å². The van der Waals surface area contributed by atoms with Crippen LogP contribution in [0.25, 0.3) is 0 Å². The SMILES string of the molecule is Cn1c(C(C)(C)C)cc(=NC(=O)c2cc(C#N)ccc2F)n1CC1CCCC1. The third kappa shape index (κ3) is 4.09. The van der Waals surface area contributed by atoms with Crippen molar-refractivity contribution in [1.29, 1.82) is 5.26 Å². The highest BCUT2D eigenvalue weighted by molar-refractivity contribution is 5.95. The Balaban J connectivity index is 2.09. The molecule has 1 aromatic carbocycles. The quantitative estimate of drug-likeness (QED) is 0.803. The van der Waals surface area contributed by atoms with E-state index in [1.165, 1.54) is 37.8 Å². The van der Waals surface area contributed by atoms with Gasteiger partial charge < -0.3 is 0 Å². The van der Waals surface area contributed by atoms with Gasteiger partial charge in [0.2, 0.25) is 0 Å². The highest BCUT2D eigenvalue weighted by Gasteiger charge is 2.23. The Morgan fingerprint density at radius 2 is 1.96 bits per heavy atom. The minimum atomic E-state index is -0.666. The maximum atomic E-state index is 14.2. The van der Waals surface area contributed by atoms with E-state index in [4.69, 9.17) is 5.26 Å². The molecule has 6 heteroatoms. The number of aromatic nitrogens is 2. The lowest BCUT2D eigenvalue weighted by Crippen LogP contribution is -2.28. The number of hydrogen-bond donors (Lipinski definition) is 0. The Kier molecular flexibility index (Phi) is 5.55. The van der Waals surface area contributed by atoms with Crippen LogP contribution in [-0.4, -0.2) is 15.3 Å². The summed E-state index contributed by atoms with van der Waals surface area (Å²) in [5.74, 6) is -0.767. The van der Waals surface area contributed by atoms with Crippen LogP contribution in [0.3, 0.4) is 0 Å². The average Bonchev–Trinajstić information content (AvgIpc) is 3.25. The van der Waals surface area contributed by atoms with E-state index in [9.17, 15) is 9.18 Å². The fourth-order valence-electron chi connectivity index (χ4n) is 3.94. The molecule has 0 atom stereocenters. The van der Waals surface area contributed by atoms with Gasteiger partial charge in [-0.25, -0.2) is 4.39 Å². The van der Waals surface area contributed by atoms with Gasteiger partial charge in [-0.1, -0.05) is 33.6 Å².